The van der Waals surface area contributed by atoms with E-state index in [1.807, 2.05) is 0 Å². The molecule has 2 saturated heterocycles. The Kier molecular flexibility index (Phi) is 2.74. The van der Waals surface area contributed by atoms with Gasteiger partial charge in [0.05, 0.1) is 5.70 Å². The average Bonchev–Trinajstić information content (AvgIpc) is 2.75. The summed E-state index contributed by atoms with van der Waals surface area (Å²) < 4.78 is 6.00. The van der Waals surface area contributed by atoms with E-state index in [9.17, 15) is 0 Å². The molecule has 3 heterocycles. The third-order valence-electron chi connectivity index (χ3n) is 4.17. The van der Waals surface area contributed by atoms with Gasteiger partial charge >= 0.3 is 0 Å². The van der Waals surface area contributed by atoms with Crippen molar-refractivity contribution < 1.29 is 4.74 Å². The number of hydrogen-bond acceptors (Lipinski definition) is 4. The van der Waals surface area contributed by atoms with Crippen molar-refractivity contribution in [2.45, 2.75) is 31.7 Å². The van der Waals surface area contributed by atoms with Gasteiger partial charge in [-0.2, -0.15) is 0 Å². The Hall–Kier alpha value is -1.16. The SMILES string of the molecule is CN1CCCC1COC1=C2CCC(=C1N)NC2. The number of nitrogens with zero attached hydrogens (tertiary/aromatic N) is 1. The molecule has 4 nitrogen and oxygen atoms in total. The van der Waals surface area contributed by atoms with Crippen molar-refractivity contribution in [1.29, 1.82) is 0 Å². The number of rotatable bonds is 3. The number of likely N-dealkylation sites (N-methyl/N-ethyl adjacent to an activating group) is 1. The molecule has 0 aromatic heterocycles. The van der Waals surface area contributed by atoms with Crippen LogP contribution in [0.15, 0.2) is 22.7 Å². The Morgan fingerprint density at radius 2 is 2.35 bits per heavy atom. The Morgan fingerprint density at radius 3 is 2.94 bits per heavy atom. The molecule has 3 N–H and O–H groups in total. The lowest BCUT2D eigenvalue weighted by molar-refractivity contribution is 0.138. The number of piperidine rings is 1. The van der Waals surface area contributed by atoms with Gasteiger partial charge in [0.1, 0.15) is 12.4 Å². The fourth-order valence-electron chi connectivity index (χ4n) is 2.97. The maximum atomic E-state index is 6.10. The van der Waals surface area contributed by atoms with Crippen molar-refractivity contribution in [3.05, 3.63) is 22.7 Å². The first-order chi connectivity index (χ1) is 8.25. The molecular formula is C13H21N3O. The molecular weight excluding hydrogens is 214 g/mol. The lowest BCUT2D eigenvalue weighted by Gasteiger charge is -2.32. The molecule has 0 saturated carbocycles. The number of allylic oxidation sites excluding steroid dienone is 1. The number of nitrogens with two attached hydrogens (primary N) is 1. The van der Waals surface area contributed by atoms with E-state index in [1.165, 1.54) is 30.7 Å². The third-order valence-corrected chi connectivity index (χ3v) is 4.17. The summed E-state index contributed by atoms with van der Waals surface area (Å²) in [6, 6.07) is 0.564. The molecule has 94 valence electrons. The van der Waals surface area contributed by atoms with Crippen molar-refractivity contribution in [3.8, 4) is 0 Å². The average molecular weight is 235 g/mol. The number of nitrogens with one attached hydrogen (secondary N) is 1. The number of likely N-dealkylation sites (tertiary alicyclic amines) is 1. The minimum Gasteiger partial charge on any atom is -0.490 e. The van der Waals surface area contributed by atoms with Crippen molar-refractivity contribution >= 4 is 0 Å². The molecule has 2 bridgehead atoms. The molecule has 4 aliphatic rings. The van der Waals surface area contributed by atoms with Gasteiger partial charge in [0.15, 0.2) is 0 Å². The molecule has 1 aliphatic carbocycles. The van der Waals surface area contributed by atoms with Gasteiger partial charge in [-0.25, -0.2) is 0 Å². The fourth-order valence-corrected chi connectivity index (χ4v) is 2.97. The number of fused-ring (bicyclic) bond motifs is 3. The van der Waals surface area contributed by atoms with E-state index < -0.39 is 0 Å². The molecule has 0 radical (unpaired) electrons. The standard InChI is InChI=1S/C13H21N3O/c1-16-6-2-3-10(16)8-17-13-9-4-5-11(12(13)14)15-7-9/h10,15H,2-8,14H2,1H3. The van der Waals surface area contributed by atoms with Crippen LogP contribution in [-0.4, -0.2) is 37.7 Å². The van der Waals surface area contributed by atoms with Crippen LogP contribution in [0.5, 0.6) is 0 Å². The van der Waals surface area contributed by atoms with E-state index in [-0.39, 0.29) is 0 Å². The quantitative estimate of drug-likeness (QED) is 0.763. The highest BCUT2D eigenvalue weighted by Crippen LogP contribution is 2.31. The van der Waals surface area contributed by atoms with Gasteiger partial charge in [0.2, 0.25) is 0 Å². The van der Waals surface area contributed by atoms with Crippen LogP contribution < -0.4 is 11.1 Å². The zero-order chi connectivity index (χ0) is 11.8. The lowest BCUT2D eigenvalue weighted by atomic mass is 9.94. The maximum Gasteiger partial charge on any atom is 0.145 e. The minimum absolute atomic E-state index is 0.564. The zero-order valence-corrected chi connectivity index (χ0v) is 10.5. The van der Waals surface area contributed by atoms with E-state index in [4.69, 9.17) is 10.5 Å². The summed E-state index contributed by atoms with van der Waals surface area (Å²) in [6.07, 6.45) is 4.69. The predicted molar refractivity (Wildman–Crippen MR) is 67.1 cm³/mol. The molecule has 0 aromatic rings. The topological polar surface area (TPSA) is 50.5 Å². The molecule has 4 rings (SSSR count). The molecule has 4 heteroatoms. The molecule has 3 aliphatic heterocycles. The Balaban J connectivity index is 1.66. The highest BCUT2D eigenvalue weighted by molar-refractivity contribution is 5.41. The Morgan fingerprint density at radius 1 is 1.47 bits per heavy atom. The van der Waals surface area contributed by atoms with Crippen LogP contribution in [-0.2, 0) is 4.74 Å². The van der Waals surface area contributed by atoms with Crippen molar-refractivity contribution in [2.75, 3.05) is 26.7 Å². The number of hydrogen-bond donors (Lipinski definition) is 2. The highest BCUT2D eigenvalue weighted by Gasteiger charge is 2.28. The van der Waals surface area contributed by atoms with Crippen molar-refractivity contribution in [3.63, 3.8) is 0 Å². The van der Waals surface area contributed by atoms with Gasteiger partial charge in [0, 0.05) is 18.3 Å². The fraction of sp³-hybridized carbons (Fsp3) is 0.692. The van der Waals surface area contributed by atoms with Crippen LogP contribution in [0.3, 0.4) is 0 Å². The largest absolute Gasteiger partial charge is 0.490 e. The predicted octanol–water partition coefficient (Wildman–Crippen LogP) is 0.919. The smallest absolute Gasteiger partial charge is 0.145 e. The van der Waals surface area contributed by atoms with E-state index >= 15 is 0 Å². The second-order valence-electron chi connectivity index (χ2n) is 5.27. The summed E-state index contributed by atoms with van der Waals surface area (Å²) in [5.41, 5.74) is 9.47. The van der Waals surface area contributed by atoms with Crippen LogP contribution in [0, 0.1) is 0 Å². The lowest BCUT2D eigenvalue weighted by Crippen LogP contribution is -2.35. The molecule has 17 heavy (non-hydrogen) atoms. The summed E-state index contributed by atoms with van der Waals surface area (Å²) in [7, 11) is 2.18. The third kappa shape index (κ3) is 1.90. The van der Waals surface area contributed by atoms with E-state index in [2.05, 4.69) is 17.3 Å². The zero-order valence-electron chi connectivity index (χ0n) is 10.5. The van der Waals surface area contributed by atoms with Crippen LogP contribution in [0.25, 0.3) is 0 Å². The number of dihydropyridines is 1. The van der Waals surface area contributed by atoms with Gasteiger partial charge in [-0.1, -0.05) is 0 Å². The monoisotopic (exact) mass is 235 g/mol. The first-order valence-electron chi connectivity index (χ1n) is 6.53. The van der Waals surface area contributed by atoms with Crippen LogP contribution in [0.4, 0.5) is 0 Å². The van der Waals surface area contributed by atoms with Gasteiger partial charge < -0.3 is 20.7 Å². The van der Waals surface area contributed by atoms with Gasteiger partial charge in [-0.15, -0.1) is 0 Å². The van der Waals surface area contributed by atoms with Crippen LogP contribution >= 0.6 is 0 Å². The summed E-state index contributed by atoms with van der Waals surface area (Å²) in [4.78, 5) is 2.38. The summed E-state index contributed by atoms with van der Waals surface area (Å²) >= 11 is 0. The molecule has 1 unspecified atom stereocenters. The first kappa shape index (κ1) is 11.0. The maximum absolute atomic E-state index is 6.10. The van der Waals surface area contributed by atoms with E-state index in [0.717, 1.165) is 37.4 Å². The molecule has 0 amide bonds. The minimum atomic E-state index is 0.564. The summed E-state index contributed by atoms with van der Waals surface area (Å²) in [5.74, 6) is 0.977. The van der Waals surface area contributed by atoms with Crippen molar-refractivity contribution in [2.24, 2.45) is 5.73 Å². The van der Waals surface area contributed by atoms with E-state index in [1.54, 1.807) is 0 Å². The Bertz CT molecular complexity index is 374. The molecule has 0 aromatic carbocycles. The van der Waals surface area contributed by atoms with Crippen molar-refractivity contribution in [1.82, 2.24) is 10.2 Å². The molecule has 1 atom stereocenters. The molecule has 0 spiro atoms. The van der Waals surface area contributed by atoms with Crippen LogP contribution in [0.2, 0.25) is 0 Å². The van der Waals surface area contributed by atoms with Gasteiger partial charge in [-0.05, 0) is 44.8 Å². The summed E-state index contributed by atoms with van der Waals surface area (Å²) in [5, 5.41) is 3.34. The first-order valence-corrected chi connectivity index (χ1v) is 6.53. The molecule has 2 fully saturated rings. The normalized spacial score (nSPS) is 28.9. The summed E-state index contributed by atoms with van der Waals surface area (Å²) in [6.45, 7) is 2.90. The Labute approximate surface area is 102 Å². The van der Waals surface area contributed by atoms with Crippen LogP contribution in [0.1, 0.15) is 25.7 Å². The van der Waals surface area contributed by atoms with E-state index in [0.29, 0.717) is 6.04 Å². The van der Waals surface area contributed by atoms with Gasteiger partial charge in [0.25, 0.3) is 0 Å². The number of ether oxygens (including phenoxy) is 1. The second-order valence-corrected chi connectivity index (χ2v) is 5.27. The highest BCUT2D eigenvalue weighted by atomic mass is 16.5. The second kappa shape index (κ2) is 4.26. The van der Waals surface area contributed by atoms with Gasteiger partial charge in [-0.3, -0.25) is 0 Å².